The fourth-order valence-corrected chi connectivity index (χ4v) is 2.05. The Morgan fingerprint density at radius 2 is 1.93 bits per heavy atom. The van der Waals surface area contributed by atoms with Gasteiger partial charge in [-0.25, -0.2) is 0 Å². The Morgan fingerprint density at radius 1 is 1.14 bits per heavy atom. The highest BCUT2D eigenvalue weighted by molar-refractivity contribution is 6.17. The van der Waals surface area contributed by atoms with Gasteiger partial charge in [0, 0.05) is 18.5 Å². The van der Waals surface area contributed by atoms with Crippen molar-refractivity contribution in [1.82, 2.24) is 5.32 Å². The van der Waals surface area contributed by atoms with Gasteiger partial charge in [0.25, 0.3) is 0 Å². The molecule has 0 atom stereocenters. The maximum atomic E-state index is 5.50. The Labute approximate surface area is 92.3 Å². The number of halogens is 1. The molecule has 1 N–H and O–H groups in total. The van der Waals surface area contributed by atoms with Crippen molar-refractivity contribution in [3.05, 3.63) is 0 Å². The van der Waals surface area contributed by atoms with E-state index in [0.717, 1.165) is 25.6 Å². The van der Waals surface area contributed by atoms with Crippen LogP contribution in [0.1, 0.15) is 38.5 Å². The quantitative estimate of drug-likeness (QED) is 0.525. The molecule has 1 rings (SSSR count). The van der Waals surface area contributed by atoms with E-state index in [2.05, 4.69) is 5.32 Å². The summed E-state index contributed by atoms with van der Waals surface area (Å²) in [4.78, 5) is 0. The van der Waals surface area contributed by atoms with E-state index in [0.29, 0.717) is 12.5 Å². The molecule has 1 fully saturated rings. The molecule has 1 aliphatic carbocycles. The highest BCUT2D eigenvalue weighted by Gasteiger charge is 2.11. The SMILES string of the molecule is ClCCOCCCNC1CCCCC1. The van der Waals surface area contributed by atoms with Crippen LogP contribution in [-0.4, -0.2) is 31.7 Å². The summed E-state index contributed by atoms with van der Waals surface area (Å²) < 4.78 is 5.30. The lowest BCUT2D eigenvalue weighted by Crippen LogP contribution is -2.32. The van der Waals surface area contributed by atoms with Gasteiger partial charge in [-0.15, -0.1) is 11.6 Å². The average molecular weight is 220 g/mol. The minimum atomic E-state index is 0.607. The van der Waals surface area contributed by atoms with Crippen LogP contribution in [0.2, 0.25) is 0 Å². The maximum absolute atomic E-state index is 5.50. The number of hydrogen-bond acceptors (Lipinski definition) is 2. The first-order valence-corrected chi connectivity index (χ1v) is 6.34. The summed E-state index contributed by atoms with van der Waals surface area (Å²) in [6.45, 7) is 2.62. The molecule has 0 saturated heterocycles. The van der Waals surface area contributed by atoms with Gasteiger partial charge >= 0.3 is 0 Å². The third-order valence-corrected chi connectivity index (χ3v) is 2.88. The molecular formula is C11H22ClNO. The van der Waals surface area contributed by atoms with E-state index in [1.165, 1.54) is 32.1 Å². The van der Waals surface area contributed by atoms with Crippen LogP contribution >= 0.6 is 11.6 Å². The van der Waals surface area contributed by atoms with E-state index >= 15 is 0 Å². The molecule has 0 aromatic heterocycles. The van der Waals surface area contributed by atoms with Gasteiger partial charge in [-0.2, -0.15) is 0 Å². The van der Waals surface area contributed by atoms with Gasteiger partial charge in [-0.05, 0) is 25.8 Å². The van der Waals surface area contributed by atoms with Gasteiger partial charge in [-0.1, -0.05) is 19.3 Å². The van der Waals surface area contributed by atoms with E-state index in [4.69, 9.17) is 16.3 Å². The van der Waals surface area contributed by atoms with Gasteiger partial charge in [0.15, 0.2) is 0 Å². The summed E-state index contributed by atoms with van der Waals surface area (Å²) in [5.74, 6) is 0.607. The molecule has 2 nitrogen and oxygen atoms in total. The number of alkyl halides is 1. The zero-order valence-electron chi connectivity index (χ0n) is 8.93. The Balaban J connectivity index is 1.82. The largest absolute Gasteiger partial charge is 0.380 e. The first-order valence-electron chi connectivity index (χ1n) is 5.80. The fraction of sp³-hybridized carbons (Fsp3) is 1.00. The van der Waals surface area contributed by atoms with Crippen molar-refractivity contribution in [2.75, 3.05) is 25.6 Å². The minimum absolute atomic E-state index is 0.607. The molecule has 1 aliphatic rings. The lowest BCUT2D eigenvalue weighted by molar-refractivity contribution is 0.145. The van der Waals surface area contributed by atoms with Crippen LogP contribution in [0, 0.1) is 0 Å². The van der Waals surface area contributed by atoms with Crippen molar-refractivity contribution in [1.29, 1.82) is 0 Å². The van der Waals surface area contributed by atoms with Crippen LogP contribution in [0.5, 0.6) is 0 Å². The standard InChI is InChI=1S/C11H22ClNO/c12-7-10-14-9-4-8-13-11-5-2-1-3-6-11/h11,13H,1-10H2. The van der Waals surface area contributed by atoms with Gasteiger partial charge in [0.1, 0.15) is 0 Å². The monoisotopic (exact) mass is 219 g/mol. The van der Waals surface area contributed by atoms with Crippen LogP contribution in [0.4, 0.5) is 0 Å². The topological polar surface area (TPSA) is 21.3 Å². The van der Waals surface area contributed by atoms with E-state index in [1.54, 1.807) is 0 Å². The first kappa shape index (κ1) is 12.3. The molecule has 0 heterocycles. The molecule has 0 amide bonds. The predicted octanol–water partition coefficient (Wildman–Crippen LogP) is 2.55. The molecule has 0 spiro atoms. The van der Waals surface area contributed by atoms with Crippen molar-refractivity contribution in [2.45, 2.75) is 44.6 Å². The second kappa shape index (κ2) is 8.51. The number of nitrogens with one attached hydrogen (secondary N) is 1. The average Bonchev–Trinajstić information content (AvgIpc) is 2.25. The molecule has 84 valence electrons. The third-order valence-electron chi connectivity index (χ3n) is 2.73. The van der Waals surface area contributed by atoms with E-state index in [1.807, 2.05) is 0 Å². The van der Waals surface area contributed by atoms with Crippen molar-refractivity contribution in [3.8, 4) is 0 Å². The Hall–Kier alpha value is 0.210. The lowest BCUT2D eigenvalue weighted by Gasteiger charge is -2.22. The highest BCUT2D eigenvalue weighted by Crippen LogP contribution is 2.17. The molecule has 0 bridgehead atoms. The maximum Gasteiger partial charge on any atom is 0.0601 e. The van der Waals surface area contributed by atoms with Crippen molar-refractivity contribution < 1.29 is 4.74 Å². The van der Waals surface area contributed by atoms with Gasteiger partial charge in [0.05, 0.1) is 6.61 Å². The molecule has 0 aliphatic heterocycles. The molecule has 0 aromatic rings. The van der Waals surface area contributed by atoms with Gasteiger partial charge in [0.2, 0.25) is 0 Å². The molecule has 1 saturated carbocycles. The van der Waals surface area contributed by atoms with E-state index in [-0.39, 0.29) is 0 Å². The highest BCUT2D eigenvalue weighted by atomic mass is 35.5. The Morgan fingerprint density at radius 3 is 2.64 bits per heavy atom. The molecule has 0 radical (unpaired) electrons. The molecular weight excluding hydrogens is 198 g/mol. The summed E-state index contributed by atoms with van der Waals surface area (Å²) in [5.41, 5.74) is 0. The summed E-state index contributed by atoms with van der Waals surface area (Å²) in [5, 5.41) is 3.59. The normalized spacial score (nSPS) is 18.6. The van der Waals surface area contributed by atoms with Crippen molar-refractivity contribution in [2.24, 2.45) is 0 Å². The van der Waals surface area contributed by atoms with Crippen molar-refractivity contribution in [3.63, 3.8) is 0 Å². The van der Waals surface area contributed by atoms with Crippen LogP contribution < -0.4 is 5.32 Å². The zero-order chi connectivity index (χ0) is 10.1. The van der Waals surface area contributed by atoms with E-state index < -0.39 is 0 Å². The van der Waals surface area contributed by atoms with Crippen LogP contribution in [0.25, 0.3) is 0 Å². The number of ether oxygens (including phenoxy) is 1. The Bertz CT molecular complexity index is 126. The Kier molecular flexibility index (Phi) is 7.47. The smallest absolute Gasteiger partial charge is 0.0601 e. The minimum Gasteiger partial charge on any atom is -0.380 e. The summed E-state index contributed by atoms with van der Waals surface area (Å²) in [6.07, 6.45) is 8.07. The molecule has 3 heteroatoms. The number of rotatable bonds is 7. The van der Waals surface area contributed by atoms with E-state index in [9.17, 15) is 0 Å². The van der Waals surface area contributed by atoms with Gasteiger partial charge in [-0.3, -0.25) is 0 Å². The molecule has 0 unspecified atom stereocenters. The summed E-state index contributed by atoms with van der Waals surface area (Å²) in [7, 11) is 0. The lowest BCUT2D eigenvalue weighted by atomic mass is 9.95. The zero-order valence-corrected chi connectivity index (χ0v) is 9.69. The van der Waals surface area contributed by atoms with Crippen molar-refractivity contribution >= 4 is 11.6 Å². The van der Waals surface area contributed by atoms with Crippen LogP contribution in [0.3, 0.4) is 0 Å². The molecule has 0 aromatic carbocycles. The number of hydrogen-bond donors (Lipinski definition) is 1. The second-order valence-corrected chi connectivity index (χ2v) is 4.32. The van der Waals surface area contributed by atoms with Gasteiger partial charge < -0.3 is 10.1 Å². The summed E-state index contributed by atoms with van der Waals surface area (Å²) in [6, 6.07) is 0.775. The van der Waals surface area contributed by atoms with Crippen LogP contribution in [-0.2, 0) is 4.74 Å². The predicted molar refractivity (Wildman–Crippen MR) is 61.0 cm³/mol. The second-order valence-electron chi connectivity index (χ2n) is 3.94. The van der Waals surface area contributed by atoms with Crippen LogP contribution in [0.15, 0.2) is 0 Å². The fourth-order valence-electron chi connectivity index (χ4n) is 1.94. The molecule has 14 heavy (non-hydrogen) atoms. The summed E-state index contributed by atoms with van der Waals surface area (Å²) >= 11 is 5.50. The third kappa shape index (κ3) is 5.84. The first-order chi connectivity index (χ1) is 6.93.